The van der Waals surface area contributed by atoms with Crippen LogP contribution in [-0.2, 0) is 6.54 Å². The number of hydrogen-bond acceptors (Lipinski definition) is 2. The van der Waals surface area contributed by atoms with Crippen molar-refractivity contribution in [1.82, 2.24) is 5.32 Å². The molecule has 1 aromatic rings. The maximum Gasteiger partial charge on any atom is 0.121 e. The average Bonchev–Trinajstić information content (AvgIpc) is 2.29. The van der Waals surface area contributed by atoms with E-state index in [1.807, 2.05) is 6.07 Å². The van der Waals surface area contributed by atoms with Gasteiger partial charge in [0.25, 0.3) is 0 Å². The van der Waals surface area contributed by atoms with E-state index < -0.39 is 0 Å². The van der Waals surface area contributed by atoms with E-state index in [0.717, 1.165) is 12.3 Å². The Kier molecular flexibility index (Phi) is 5.49. The summed E-state index contributed by atoms with van der Waals surface area (Å²) in [7, 11) is 1.71. The highest BCUT2D eigenvalue weighted by atomic mass is 16.5. The SMILES string of the molecule is CCC(NCc1ccc(OC)c(C)c1)C(C)C. The molecule has 0 aromatic heterocycles. The van der Waals surface area contributed by atoms with Crippen LogP contribution in [0.5, 0.6) is 5.75 Å². The normalized spacial score (nSPS) is 12.8. The van der Waals surface area contributed by atoms with E-state index in [0.29, 0.717) is 12.0 Å². The van der Waals surface area contributed by atoms with Gasteiger partial charge in [-0.05, 0) is 36.5 Å². The molecular weight excluding hydrogens is 210 g/mol. The molecule has 1 rings (SSSR count). The molecule has 17 heavy (non-hydrogen) atoms. The fourth-order valence-corrected chi connectivity index (χ4v) is 2.15. The van der Waals surface area contributed by atoms with Crippen molar-refractivity contribution in [3.05, 3.63) is 29.3 Å². The molecule has 1 N–H and O–H groups in total. The molecule has 0 aliphatic carbocycles. The van der Waals surface area contributed by atoms with Crippen molar-refractivity contribution in [1.29, 1.82) is 0 Å². The van der Waals surface area contributed by atoms with Crippen LogP contribution in [0.1, 0.15) is 38.3 Å². The summed E-state index contributed by atoms with van der Waals surface area (Å²) >= 11 is 0. The molecule has 0 aliphatic heterocycles. The number of aryl methyl sites for hydroxylation is 1. The standard InChI is InChI=1S/C15H25NO/c1-6-14(11(2)3)16-10-13-7-8-15(17-5)12(4)9-13/h7-9,11,14,16H,6,10H2,1-5H3. The summed E-state index contributed by atoms with van der Waals surface area (Å²) in [5.74, 6) is 1.64. The monoisotopic (exact) mass is 235 g/mol. The molecule has 96 valence electrons. The van der Waals surface area contributed by atoms with Gasteiger partial charge in [-0.2, -0.15) is 0 Å². The predicted molar refractivity (Wildman–Crippen MR) is 73.5 cm³/mol. The Labute approximate surface area is 105 Å². The number of ether oxygens (including phenoxy) is 1. The van der Waals surface area contributed by atoms with Crippen molar-refractivity contribution in [2.75, 3.05) is 7.11 Å². The van der Waals surface area contributed by atoms with Crippen LogP contribution in [0.2, 0.25) is 0 Å². The Bertz CT molecular complexity index is 347. The quantitative estimate of drug-likeness (QED) is 0.814. The highest BCUT2D eigenvalue weighted by Crippen LogP contribution is 2.18. The summed E-state index contributed by atoms with van der Waals surface area (Å²) in [6, 6.07) is 6.96. The first kappa shape index (κ1) is 14.0. The minimum Gasteiger partial charge on any atom is -0.496 e. The lowest BCUT2D eigenvalue weighted by molar-refractivity contribution is 0.387. The lowest BCUT2D eigenvalue weighted by atomic mass is 10.0. The Morgan fingerprint density at radius 3 is 2.47 bits per heavy atom. The molecule has 1 aromatic carbocycles. The second-order valence-electron chi connectivity index (χ2n) is 4.94. The maximum absolute atomic E-state index is 5.26. The van der Waals surface area contributed by atoms with Crippen molar-refractivity contribution in [3.8, 4) is 5.75 Å². The van der Waals surface area contributed by atoms with Gasteiger partial charge in [-0.3, -0.25) is 0 Å². The smallest absolute Gasteiger partial charge is 0.121 e. The second-order valence-corrected chi connectivity index (χ2v) is 4.94. The summed E-state index contributed by atoms with van der Waals surface area (Å²) in [6.07, 6.45) is 1.17. The Balaban J connectivity index is 2.60. The van der Waals surface area contributed by atoms with Crippen LogP contribution in [0.3, 0.4) is 0 Å². The fourth-order valence-electron chi connectivity index (χ4n) is 2.15. The zero-order valence-corrected chi connectivity index (χ0v) is 11.7. The Morgan fingerprint density at radius 1 is 1.29 bits per heavy atom. The van der Waals surface area contributed by atoms with Gasteiger partial charge in [-0.15, -0.1) is 0 Å². The summed E-state index contributed by atoms with van der Waals surface area (Å²) < 4.78 is 5.26. The largest absolute Gasteiger partial charge is 0.496 e. The van der Waals surface area contributed by atoms with Gasteiger partial charge in [-0.25, -0.2) is 0 Å². The molecule has 0 spiro atoms. The first-order chi connectivity index (χ1) is 8.08. The van der Waals surface area contributed by atoms with E-state index >= 15 is 0 Å². The highest BCUT2D eigenvalue weighted by Gasteiger charge is 2.10. The number of benzene rings is 1. The zero-order chi connectivity index (χ0) is 12.8. The van der Waals surface area contributed by atoms with Crippen LogP contribution in [0.15, 0.2) is 18.2 Å². The molecule has 0 heterocycles. The maximum atomic E-state index is 5.26. The molecular formula is C15H25NO. The third-order valence-corrected chi connectivity index (χ3v) is 3.27. The van der Waals surface area contributed by atoms with Crippen LogP contribution < -0.4 is 10.1 Å². The van der Waals surface area contributed by atoms with Crippen molar-refractivity contribution >= 4 is 0 Å². The minimum absolute atomic E-state index is 0.595. The van der Waals surface area contributed by atoms with E-state index in [1.165, 1.54) is 17.5 Å². The van der Waals surface area contributed by atoms with Gasteiger partial charge in [0.2, 0.25) is 0 Å². The Morgan fingerprint density at radius 2 is 2.00 bits per heavy atom. The lowest BCUT2D eigenvalue weighted by Crippen LogP contribution is -2.32. The van der Waals surface area contributed by atoms with E-state index in [2.05, 4.69) is 45.1 Å². The first-order valence-electron chi connectivity index (χ1n) is 6.45. The predicted octanol–water partition coefficient (Wildman–Crippen LogP) is 3.53. The molecule has 0 bridgehead atoms. The highest BCUT2D eigenvalue weighted by molar-refractivity contribution is 5.36. The molecule has 0 saturated heterocycles. The lowest BCUT2D eigenvalue weighted by Gasteiger charge is -2.21. The third kappa shape index (κ3) is 4.04. The summed E-state index contributed by atoms with van der Waals surface area (Å²) in [6.45, 7) is 9.78. The van der Waals surface area contributed by atoms with E-state index in [1.54, 1.807) is 7.11 Å². The van der Waals surface area contributed by atoms with Crippen LogP contribution in [-0.4, -0.2) is 13.2 Å². The van der Waals surface area contributed by atoms with Crippen LogP contribution in [0, 0.1) is 12.8 Å². The van der Waals surface area contributed by atoms with Crippen molar-refractivity contribution in [2.45, 2.75) is 46.7 Å². The molecule has 1 atom stereocenters. The van der Waals surface area contributed by atoms with Gasteiger partial charge in [-0.1, -0.05) is 32.9 Å². The van der Waals surface area contributed by atoms with Crippen LogP contribution in [0.25, 0.3) is 0 Å². The topological polar surface area (TPSA) is 21.3 Å². The van der Waals surface area contributed by atoms with Gasteiger partial charge in [0.1, 0.15) is 5.75 Å². The molecule has 0 radical (unpaired) electrons. The van der Waals surface area contributed by atoms with Crippen molar-refractivity contribution in [3.63, 3.8) is 0 Å². The number of hydrogen-bond donors (Lipinski definition) is 1. The van der Waals surface area contributed by atoms with Gasteiger partial charge in [0.05, 0.1) is 7.11 Å². The number of nitrogens with one attached hydrogen (secondary N) is 1. The number of rotatable bonds is 6. The van der Waals surface area contributed by atoms with Gasteiger partial charge in [0, 0.05) is 12.6 Å². The Hall–Kier alpha value is -1.02. The van der Waals surface area contributed by atoms with Gasteiger partial charge >= 0.3 is 0 Å². The molecule has 2 heteroatoms. The van der Waals surface area contributed by atoms with Gasteiger partial charge < -0.3 is 10.1 Å². The summed E-state index contributed by atoms with van der Waals surface area (Å²) in [5, 5.41) is 3.61. The molecule has 2 nitrogen and oxygen atoms in total. The number of methoxy groups -OCH3 is 1. The zero-order valence-electron chi connectivity index (χ0n) is 11.7. The molecule has 0 amide bonds. The second kappa shape index (κ2) is 6.65. The first-order valence-corrected chi connectivity index (χ1v) is 6.45. The van der Waals surface area contributed by atoms with Gasteiger partial charge in [0.15, 0.2) is 0 Å². The van der Waals surface area contributed by atoms with Crippen LogP contribution in [0.4, 0.5) is 0 Å². The van der Waals surface area contributed by atoms with Crippen molar-refractivity contribution < 1.29 is 4.74 Å². The molecule has 0 aliphatic rings. The van der Waals surface area contributed by atoms with E-state index in [9.17, 15) is 0 Å². The third-order valence-electron chi connectivity index (χ3n) is 3.27. The molecule has 0 saturated carbocycles. The molecule has 1 unspecified atom stereocenters. The summed E-state index contributed by atoms with van der Waals surface area (Å²) in [5.41, 5.74) is 2.52. The van der Waals surface area contributed by atoms with Crippen molar-refractivity contribution in [2.24, 2.45) is 5.92 Å². The fraction of sp³-hybridized carbons (Fsp3) is 0.600. The van der Waals surface area contributed by atoms with E-state index in [4.69, 9.17) is 4.74 Å². The average molecular weight is 235 g/mol. The van der Waals surface area contributed by atoms with E-state index in [-0.39, 0.29) is 0 Å². The van der Waals surface area contributed by atoms with Crippen LogP contribution >= 0.6 is 0 Å². The summed E-state index contributed by atoms with van der Waals surface area (Å²) in [4.78, 5) is 0. The molecule has 0 fully saturated rings. The minimum atomic E-state index is 0.595.